The molecule has 202 valence electrons. The van der Waals surface area contributed by atoms with Gasteiger partial charge < -0.3 is 24.3 Å². The van der Waals surface area contributed by atoms with Crippen molar-refractivity contribution in [1.29, 1.82) is 0 Å². The number of H-pyrrole nitrogens is 1. The number of carbonyl (C=O) groups is 1. The van der Waals surface area contributed by atoms with Gasteiger partial charge in [-0.25, -0.2) is 9.78 Å². The van der Waals surface area contributed by atoms with Crippen LogP contribution in [0.2, 0.25) is 0 Å². The normalized spacial score (nSPS) is 15.2. The zero-order valence-corrected chi connectivity index (χ0v) is 22.0. The van der Waals surface area contributed by atoms with Crippen LogP contribution in [0.5, 0.6) is 0 Å². The zero-order chi connectivity index (χ0) is 27.5. The lowest BCUT2D eigenvalue weighted by Gasteiger charge is -2.25. The summed E-state index contributed by atoms with van der Waals surface area (Å²) in [6, 6.07) is 25.5. The first-order chi connectivity index (χ1) is 19.6. The van der Waals surface area contributed by atoms with E-state index in [-0.39, 0.29) is 17.2 Å². The van der Waals surface area contributed by atoms with Crippen LogP contribution in [0.25, 0.3) is 22.2 Å². The molecule has 1 atom stereocenters. The summed E-state index contributed by atoms with van der Waals surface area (Å²) in [5.41, 5.74) is 3.76. The van der Waals surface area contributed by atoms with Gasteiger partial charge >= 0.3 is 5.97 Å². The highest BCUT2D eigenvalue weighted by Gasteiger charge is 2.23. The van der Waals surface area contributed by atoms with E-state index in [0.717, 1.165) is 24.0 Å². The molecule has 6 rings (SSSR count). The second-order valence-corrected chi connectivity index (χ2v) is 10.1. The SMILES string of the molecule is O=C(O)c1cnc(N(Cc2ccccc2)Cc2ccccc2)c2[nH]c(-c3cccn(C4CCCOC4)c3=O)cc12. The molecule has 1 saturated heterocycles. The predicted molar refractivity (Wildman–Crippen MR) is 155 cm³/mol. The van der Waals surface area contributed by atoms with E-state index in [1.807, 2.05) is 42.5 Å². The van der Waals surface area contributed by atoms with Crippen molar-refractivity contribution in [2.24, 2.45) is 0 Å². The number of rotatable bonds is 8. The van der Waals surface area contributed by atoms with Gasteiger partial charge in [-0.3, -0.25) is 4.79 Å². The van der Waals surface area contributed by atoms with Crippen LogP contribution in [-0.4, -0.2) is 38.8 Å². The van der Waals surface area contributed by atoms with Crippen molar-refractivity contribution in [2.45, 2.75) is 32.0 Å². The number of ether oxygens (including phenoxy) is 1. The van der Waals surface area contributed by atoms with Crippen LogP contribution < -0.4 is 10.5 Å². The molecule has 8 heteroatoms. The molecular weight excluding hydrogens is 504 g/mol. The first kappa shape index (κ1) is 25.6. The van der Waals surface area contributed by atoms with Crippen molar-refractivity contribution in [1.82, 2.24) is 14.5 Å². The van der Waals surface area contributed by atoms with E-state index < -0.39 is 5.97 Å². The van der Waals surface area contributed by atoms with Crippen LogP contribution in [-0.2, 0) is 17.8 Å². The molecule has 2 N–H and O–H groups in total. The molecule has 5 aromatic rings. The number of nitrogens with zero attached hydrogens (tertiary/aromatic N) is 3. The van der Waals surface area contributed by atoms with Gasteiger partial charge in [-0.1, -0.05) is 60.7 Å². The molecule has 40 heavy (non-hydrogen) atoms. The number of hydrogen-bond donors (Lipinski definition) is 2. The number of aromatic nitrogens is 3. The number of benzene rings is 2. The number of aromatic amines is 1. The molecule has 0 radical (unpaired) electrons. The van der Waals surface area contributed by atoms with Gasteiger partial charge in [-0.2, -0.15) is 0 Å². The number of carboxylic acid groups (broad SMARTS) is 1. The van der Waals surface area contributed by atoms with Crippen LogP contribution >= 0.6 is 0 Å². The maximum atomic E-state index is 13.6. The van der Waals surface area contributed by atoms with Crippen molar-refractivity contribution in [3.8, 4) is 11.3 Å². The number of anilines is 1. The Hall–Kier alpha value is -4.69. The van der Waals surface area contributed by atoms with Gasteiger partial charge in [0.05, 0.1) is 35.0 Å². The predicted octanol–water partition coefficient (Wildman–Crippen LogP) is 5.65. The summed E-state index contributed by atoms with van der Waals surface area (Å²) in [6.45, 7) is 2.35. The molecule has 8 nitrogen and oxygen atoms in total. The summed E-state index contributed by atoms with van der Waals surface area (Å²) in [5, 5.41) is 10.5. The van der Waals surface area contributed by atoms with E-state index in [4.69, 9.17) is 4.74 Å². The summed E-state index contributed by atoms with van der Waals surface area (Å²) in [4.78, 5) is 36.0. The number of hydrogen-bond acceptors (Lipinski definition) is 5. The number of pyridine rings is 2. The standard InChI is InChI=1S/C32H30N4O4/c37-31-25(14-7-15-36(31)24-13-8-16-40-21-24)28-17-26-27(32(38)39)18-33-30(29(26)34-28)35(19-22-9-3-1-4-10-22)20-23-11-5-2-6-12-23/h1-7,9-12,14-15,17-18,24,34H,8,13,16,19-21H2,(H,38,39). The lowest BCUT2D eigenvalue weighted by Crippen LogP contribution is -2.30. The summed E-state index contributed by atoms with van der Waals surface area (Å²) in [5.74, 6) is -0.451. The van der Waals surface area contributed by atoms with Gasteiger partial charge in [0.25, 0.3) is 5.56 Å². The van der Waals surface area contributed by atoms with Crippen molar-refractivity contribution in [2.75, 3.05) is 18.1 Å². The van der Waals surface area contributed by atoms with Crippen molar-refractivity contribution < 1.29 is 14.6 Å². The Kier molecular flexibility index (Phi) is 7.16. The number of aromatic carboxylic acids is 1. The van der Waals surface area contributed by atoms with E-state index in [2.05, 4.69) is 39.1 Å². The van der Waals surface area contributed by atoms with Gasteiger partial charge in [0.2, 0.25) is 0 Å². The fraction of sp³-hybridized carbons (Fsp3) is 0.219. The highest BCUT2D eigenvalue weighted by Crippen LogP contribution is 2.33. The molecule has 2 aromatic carbocycles. The molecule has 4 heterocycles. The second kappa shape index (κ2) is 11.2. The van der Waals surface area contributed by atoms with E-state index in [0.29, 0.717) is 54.3 Å². The topological polar surface area (TPSA) is 100 Å². The highest BCUT2D eigenvalue weighted by molar-refractivity contribution is 6.07. The molecule has 0 amide bonds. The Balaban J connectivity index is 1.48. The van der Waals surface area contributed by atoms with Crippen LogP contribution in [0.1, 0.15) is 40.4 Å². The molecule has 0 bridgehead atoms. The van der Waals surface area contributed by atoms with Crippen LogP contribution in [0.15, 0.2) is 96.1 Å². The third kappa shape index (κ3) is 5.13. The van der Waals surface area contributed by atoms with Gasteiger partial charge in [0.15, 0.2) is 5.82 Å². The average Bonchev–Trinajstić information content (AvgIpc) is 3.43. The zero-order valence-electron chi connectivity index (χ0n) is 22.0. The summed E-state index contributed by atoms with van der Waals surface area (Å²) in [6.07, 6.45) is 4.98. The fourth-order valence-electron chi connectivity index (χ4n) is 5.42. The molecule has 0 saturated carbocycles. The summed E-state index contributed by atoms with van der Waals surface area (Å²) in [7, 11) is 0. The number of nitrogens with one attached hydrogen (secondary N) is 1. The van der Waals surface area contributed by atoms with Crippen molar-refractivity contribution in [3.63, 3.8) is 0 Å². The molecule has 0 aliphatic carbocycles. The van der Waals surface area contributed by atoms with Gasteiger partial charge in [0.1, 0.15) is 0 Å². The monoisotopic (exact) mass is 534 g/mol. The first-order valence-electron chi connectivity index (χ1n) is 13.5. The van der Waals surface area contributed by atoms with Gasteiger partial charge in [-0.15, -0.1) is 0 Å². The average molecular weight is 535 g/mol. The third-order valence-corrected chi connectivity index (χ3v) is 7.40. The van der Waals surface area contributed by atoms with Crippen LogP contribution in [0.3, 0.4) is 0 Å². The molecule has 1 fully saturated rings. The molecule has 1 aliphatic rings. The molecule has 0 spiro atoms. The minimum Gasteiger partial charge on any atom is -0.478 e. The summed E-state index contributed by atoms with van der Waals surface area (Å²) >= 11 is 0. The van der Waals surface area contributed by atoms with Crippen LogP contribution in [0.4, 0.5) is 5.82 Å². The molecular formula is C32H30N4O4. The maximum Gasteiger partial charge on any atom is 0.337 e. The largest absolute Gasteiger partial charge is 0.478 e. The first-order valence-corrected chi connectivity index (χ1v) is 13.5. The Morgan fingerprint density at radius 2 is 1.73 bits per heavy atom. The van der Waals surface area contributed by atoms with Crippen molar-refractivity contribution >= 4 is 22.7 Å². The number of fused-ring (bicyclic) bond motifs is 1. The summed E-state index contributed by atoms with van der Waals surface area (Å²) < 4.78 is 7.35. The second-order valence-electron chi connectivity index (χ2n) is 10.1. The lowest BCUT2D eigenvalue weighted by atomic mass is 10.1. The van der Waals surface area contributed by atoms with Crippen molar-refractivity contribution in [3.05, 3.63) is 118 Å². The highest BCUT2D eigenvalue weighted by atomic mass is 16.5. The number of carboxylic acids is 1. The van der Waals surface area contributed by atoms with E-state index in [1.54, 1.807) is 22.9 Å². The van der Waals surface area contributed by atoms with E-state index in [9.17, 15) is 14.7 Å². The molecule has 1 aliphatic heterocycles. The fourth-order valence-corrected chi connectivity index (χ4v) is 5.42. The van der Waals surface area contributed by atoms with Gasteiger partial charge in [0, 0.05) is 37.5 Å². The molecule has 1 unspecified atom stereocenters. The third-order valence-electron chi connectivity index (χ3n) is 7.40. The quantitative estimate of drug-likeness (QED) is 0.267. The van der Waals surface area contributed by atoms with E-state index >= 15 is 0 Å². The Morgan fingerprint density at radius 1 is 1.02 bits per heavy atom. The van der Waals surface area contributed by atoms with Crippen LogP contribution in [0, 0.1) is 0 Å². The minimum absolute atomic E-state index is 0.0235. The minimum atomic E-state index is -1.07. The molecule has 3 aromatic heterocycles. The Bertz CT molecular complexity index is 1650. The maximum absolute atomic E-state index is 13.6. The lowest BCUT2D eigenvalue weighted by molar-refractivity contribution is 0.0580. The van der Waals surface area contributed by atoms with Gasteiger partial charge in [-0.05, 0) is 42.2 Å². The smallest absolute Gasteiger partial charge is 0.337 e. The Labute approximate surface area is 231 Å². The Morgan fingerprint density at radius 3 is 2.35 bits per heavy atom. The van der Waals surface area contributed by atoms with E-state index in [1.165, 1.54) is 6.20 Å².